The number of hydrogen-bond acceptors (Lipinski definition) is 3. The van der Waals surface area contributed by atoms with Crippen LogP contribution in [0, 0.1) is 0 Å². The summed E-state index contributed by atoms with van der Waals surface area (Å²) in [5.41, 5.74) is 1.12. The predicted molar refractivity (Wildman–Crippen MR) is 70.2 cm³/mol. The van der Waals surface area contributed by atoms with Gasteiger partial charge in [-0.15, -0.1) is 0 Å². The summed E-state index contributed by atoms with van der Waals surface area (Å²) in [6, 6.07) is 6.66. The first-order chi connectivity index (χ1) is 7.78. The molecule has 1 heterocycles. The lowest BCUT2D eigenvalue weighted by Crippen LogP contribution is -2.35. The van der Waals surface area contributed by atoms with Crippen molar-refractivity contribution >= 4 is 21.6 Å². The van der Waals surface area contributed by atoms with E-state index in [2.05, 4.69) is 32.6 Å². The highest BCUT2D eigenvalue weighted by Gasteiger charge is 2.12. The average Bonchev–Trinajstić information content (AvgIpc) is 2.29. The fourth-order valence-corrected chi connectivity index (χ4v) is 2.44. The summed E-state index contributed by atoms with van der Waals surface area (Å²) in [6.45, 7) is 2.20. The van der Waals surface area contributed by atoms with E-state index in [9.17, 15) is 0 Å². The van der Waals surface area contributed by atoms with Crippen LogP contribution in [0.4, 0.5) is 5.69 Å². The quantitative estimate of drug-likeness (QED) is 0.895. The molecule has 1 aliphatic rings. The topological polar surface area (TPSA) is 33.3 Å². The summed E-state index contributed by atoms with van der Waals surface area (Å²) in [6.07, 6.45) is 2.35. The van der Waals surface area contributed by atoms with Crippen molar-refractivity contribution in [2.24, 2.45) is 0 Å². The van der Waals surface area contributed by atoms with Crippen LogP contribution in [-0.2, 0) is 0 Å². The number of halogens is 1. The summed E-state index contributed by atoms with van der Waals surface area (Å²) in [4.78, 5) is 0. The molecule has 1 aromatic carbocycles. The number of benzene rings is 1. The van der Waals surface area contributed by atoms with Gasteiger partial charge in [-0.3, -0.25) is 0 Å². The van der Waals surface area contributed by atoms with Crippen LogP contribution in [-0.4, -0.2) is 26.2 Å². The second-order valence-electron chi connectivity index (χ2n) is 4.05. The van der Waals surface area contributed by atoms with Crippen molar-refractivity contribution in [1.82, 2.24) is 5.32 Å². The van der Waals surface area contributed by atoms with Gasteiger partial charge in [-0.1, -0.05) is 15.9 Å². The predicted octanol–water partition coefficient (Wildman–Crippen LogP) is 2.62. The fourth-order valence-electron chi connectivity index (χ4n) is 1.97. The van der Waals surface area contributed by atoms with Crippen molar-refractivity contribution in [2.45, 2.75) is 18.9 Å². The highest BCUT2D eigenvalue weighted by molar-refractivity contribution is 9.10. The van der Waals surface area contributed by atoms with Gasteiger partial charge in [0.2, 0.25) is 0 Å². The maximum atomic E-state index is 5.24. The zero-order chi connectivity index (χ0) is 11.4. The Bertz CT molecular complexity index is 351. The maximum Gasteiger partial charge on any atom is 0.122 e. The van der Waals surface area contributed by atoms with Gasteiger partial charge in [-0.05, 0) is 38.1 Å². The number of methoxy groups -OCH3 is 1. The number of piperidine rings is 1. The zero-order valence-electron chi connectivity index (χ0n) is 9.42. The molecule has 0 amide bonds. The van der Waals surface area contributed by atoms with Crippen LogP contribution in [0.3, 0.4) is 0 Å². The number of anilines is 1. The van der Waals surface area contributed by atoms with Gasteiger partial charge in [0.05, 0.1) is 7.11 Å². The van der Waals surface area contributed by atoms with Gasteiger partial charge >= 0.3 is 0 Å². The van der Waals surface area contributed by atoms with E-state index in [1.54, 1.807) is 7.11 Å². The zero-order valence-corrected chi connectivity index (χ0v) is 11.0. The van der Waals surface area contributed by atoms with Crippen LogP contribution in [0.25, 0.3) is 0 Å². The van der Waals surface area contributed by atoms with E-state index in [1.807, 2.05) is 12.1 Å². The Balaban J connectivity index is 2.04. The second kappa shape index (κ2) is 5.55. The molecule has 0 aliphatic carbocycles. The number of nitrogens with one attached hydrogen (secondary N) is 2. The smallest absolute Gasteiger partial charge is 0.122 e. The molecule has 3 nitrogen and oxygen atoms in total. The standard InChI is InChI=1S/C12H17BrN2O/c1-16-12-7-9(13)6-11(8-12)15-10-2-4-14-5-3-10/h6-8,10,14-15H,2-5H2,1H3. The molecular formula is C12H17BrN2O. The average molecular weight is 285 g/mol. The maximum absolute atomic E-state index is 5.24. The van der Waals surface area contributed by atoms with Gasteiger partial charge in [0.25, 0.3) is 0 Å². The summed E-state index contributed by atoms with van der Waals surface area (Å²) in [7, 11) is 1.69. The molecule has 0 aromatic heterocycles. The van der Waals surface area contributed by atoms with Crippen molar-refractivity contribution in [1.29, 1.82) is 0 Å². The number of rotatable bonds is 3. The van der Waals surface area contributed by atoms with Crippen LogP contribution < -0.4 is 15.4 Å². The Labute approximate surface area is 105 Å². The van der Waals surface area contributed by atoms with Crippen molar-refractivity contribution in [2.75, 3.05) is 25.5 Å². The van der Waals surface area contributed by atoms with E-state index in [1.165, 1.54) is 12.8 Å². The summed E-state index contributed by atoms with van der Waals surface area (Å²) in [5, 5.41) is 6.91. The highest BCUT2D eigenvalue weighted by Crippen LogP contribution is 2.25. The Morgan fingerprint density at radius 2 is 2.06 bits per heavy atom. The molecular weight excluding hydrogens is 268 g/mol. The molecule has 16 heavy (non-hydrogen) atoms. The van der Waals surface area contributed by atoms with Gasteiger partial charge in [-0.2, -0.15) is 0 Å². The van der Waals surface area contributed by atoms with Crippen molar-refractivity contribution in [3.63, 3.8) is 0 Å². The van der Waals surface area contributed by atoms with Crippen LogP contribution >= 0.6 is 15.9 Å². The van der Waals surface area contributed by atoms with Crippen molar-refractivity contribution in [3.8, 4) is 5.75 Å². The molecule has 1 fully saturated rings. The third kappa shape index (κ3) is 3.12. The van der Waals surface area contributed by atoms with Crippen LogP contribution in [0.5, 0.6) is 5.75 Å². The van der Waals surface area contributed by atoms with E-state index in [4.69, 9.17) is 4.74 Å². The normalized spacial score (nSPS) is 17.1. The molecule has 0 saturated carbocycles. The van der Waals surface area contributed by atoms with Gasteiger partial charge in [-0.25, -0.2) is 0 Å². The van der Waals surface area contributed by atoms with Crippen LogP contribution in [0.1, 0.15) is 12.8 Å². The molecule has 2 N–H and O–H groups in total. The fraction of sp³-hybridized carbons (Fsp3) is 0.500. The Morgan fingerprint density at radius 3 is 2.75 bits per heavy atom. The van der Waals surface area contributed by atoms with Crippen molar-refractivity contribution < 1.29 is 4.74 Å². The van der Waals surface area contributed by atoms with E-state index in [-0.39, 0.29) is 0 Å². The van der Waals surface area contributed by atoms with E-state index >= 15 is 0 Å². The molecule has 1 aromatic rings. The lowest BCUT2D eigenvalue weighted by molar-refractivity contribution is 0.414. The van der Waals surface area contributed by atoms with E-state index in [0.717, 1.165) is 29.0 Å². The third-order valence-electron chi connectivity index (χ3n) is 2.82. The molecule has 4 heteroatoms. The van der Waals surface area contributed by atoms with Crippen LogP contribution in [0.2, 0.25) is 0 Å². The monoisotopic (exact) mass is 284 g/mol. The molecule has 0 unspecified atom stereocenters. The number of ether oxygens (including phenoxy) is 1. The second-order valence-corrected chi connectivity index (χ2v) is 4.96. The van der Waals surface area contributed by atoms with Crippen molar-refractivity contribution in [3.05, 3.63) is 22.7 Å². The molecule has 0 radical (unpaired) electrons. The SMILES string of the molecule is COc1cc(Br)cc(NC2CCNCC2)c1. The van der Waals surface area contributed by atoms with Gasteiger partial charge < -0.3 is 15.4 Å². The van der Waals surface area contributed by atoms with Gasteiger partial charge in [0.15, 0.2) is 0 Å². The minimum atomic E-state index is 0.570. The van der Waals surface area contributed by atoms with Gasteiger partial charge in [0.1, 0.15) is 5.75 Å². The summed E-state index contributed by atoms with van der Waals surface area (Å²) >= 11 is 3.49. The molecule has 1 aliphatic heterocycles. The molecule has 88 valence electrons. The summed E-state index contributed by atoms with van der Waals surface area (Å²) in [5.74, 6) is 0.880. The van der Waals surface area contributed by atoms with E-state index in [0.29, 0.717) is 6.04 Å². The largest absolute Gasteiger partial charge is 0.497 e. The Morgan fingerprint density at radius 1 is 1.31 bits per heavy atom. The minimum absolute atomic E-state index is 0.570. The lowest BCUT2D eigenvalue weighted by atomic mass is 10.1. The van der Waals surface area contributed by atoms with E-state index < -0.39 is 0 Å². The Hall–Kier alpha value is -0.740. The first-order valence-corrected chi connectivity index (χ1v) is 6.39. The number of hydrogen-bond donors (Lipinski definition) is 2. The molecule has 0 atom stereocenters. The summed E-state index contributed by atoms with van der Waals surface area (Å²) < 4.78 is 6.29. The van der Waals surface area contributed by atoms with Gasteiger partial charge in [0, 0.05) is 22.3 Å². The minimum Gasteiger partial charge on any atom is -0.497 e. The molecule has 0 bridgehead atoms. The molecule has 0 spiro atoms. The first kappa shape index (κ1) is 11.7. The lowest BCUT2D eigenvalue weighted by Gasteiger charge is -2.25. The molecule has 1 saturated heterocycles. The molecule has 2 rings (SSSR count). The third-order valence-corrected chi connectivity index (χ3v) is 3.27. The Kier molecular flexibility index (Phi) is 4.07. The van der Waals surface area contributed by atoms with Crippen LogP contribution in [0.15, 0.2) is 22.7 Å². The first-order valence-electron chi connectivity index (χ1n) is 5.60. The highest BCUT2D eigenvalue weighted by atomic mass is 79.9.